The predicted molar refractivity (Wildman–Crippen MR) is 85.3 cm³/mol. The van der Waals surface area contributed by atoms with E-state index in [-0.39, 0.29) is 36.2 Å². The average Bonchev–Trinajstić information content (AvgIpc) is 2.95. The van der Waals surface area contributed by atoms with E-state index in [9.17, 15) is 17.6 Å². The largest absolute Gasteiger partial charge is 0.323 e. The standard InChI is InChI=1S/C15H18FN3O3S/c1-2-23(21,22)8-7-19-11-14(10-17-19)18-15(20)9-12-3-5-13(16)6-4-12/h3-6,10-11H,2,7-9H2,1H3,(H,18,20). The number of rotatable bonds is 7. The van der Waals surface area contributed by atoms with E-state index in [1.807, 2.05) is 0 Å². The molecule has 2 rings (SSSR count). The Kier molecular flexibility index (Phi) is 5.49. The molecule has 1 amide bonds. The molecule has 0 aliphatic heterocycles. The Hall–Kier alpha value is -2.22. The van der Waals surface area contributed by atoms with Gasteiger partial charge in [0.2, 0.25) is 5.91 Å². The average molecular weight is 339 g/mol. The minimum Gasteiger partial charge on any atom is -0.323 e. The first-order chi connectivity index (χ1) is 10.9. The molecule has 0 unspecified atom stereocenters. The van der Waals surface area contributed by atoms with Crippen molar-refractivity contribution in [3.05, 3.63) is 48.0 Å². The fourth-order valence-electron chi connectivity index (χ4n) is 1.92. The van der Waals surface area contributed by atoms with Gasteiger partial charge in [-0.3, -0.25) is 9.48 Å². The first-order valence-corrected chi connectivity index (χ1v) is 8.97. The molecule has 0 bridgehead atoms. The van der Waals surface area contributed by atoms with Crippen molar-refractivity contribution in [2.24, 2.45) is 0 Å². The van der Waals surface area contributed by atoms with E-state index < -0.39 is 9.84 Å². The van der Waals surface area contributed by atoms with E-state index in [0.717, 1.165) is 0 Å². The number of carbonyl (C=O) groups excluding carboxylic acids is 1. The number of benzene rings is 1. The lowest BCUT2D eigenvalue weighted by molar-refractivity contribution is -0.115. The number of amides is 1. The molecule has 0 aliphatic carbocycles. The van der Waals surface area contributed by atoms with Crippen LogP contribution < -0.4 is 5.32 Å². The summed E-state index contributed by atoms with van der Waals surface area (Å²) in [4.78, 5) is 11.9. The number of nitrogens with one attached hydrogen (secondary N) is 1. The molecule has 0 atom stereocenters. The van der Waals surface area contributed by atoms with Crippen molar-refractivity contribution in [1.29, 1.82) is 0 Å². The highest BCUT2D eigenvalue weighted by molar-refractivity contribution is 7.91. The SMILES string of the molecule is CCS(=O)(=O)CCn1cc(NC(=O)Cc2ccc(F)cc2)cn1. The summed E-state index contributed by atoms with van der Waals surface area (Å²) in [5.74, 6) is -0.501. The molecule has 0 radical (unpaired) electrons. The van der Waals surface area contributed by atoms with Crippen LogP contribution in [0.4, 0.5) is 10.1 Å². The molecule has 0 spiro atoms. The molecule has 0 saturated heterocycles. The summed E-state index contributed by atoms with van der Waals surface area (Å²) < 4.78 is 37.2. The lowest BCUT2D eigenvalue weighted by Gasteiger charge is -2.03. The molecule has 1 N–H and O–H groups in total. The maximum Gasteiger partial charge on any atom is 0.228 e. The maximum absolute atomic E-state index is 12.8. The van der Waals surface area contributed by atoms with Gasteiger partial charge in [0.15, 0.2) is 9.84 Å². The lowest BCUT2D eigenvalue weighted by Crippen LogP contribution is -2.15. The Morgan fingerprint density at radius 2 is 2.00 bits per heavy atom. The smallest absolute Gasteiger partial charge is 0.228 e. The van der Waals surface area contributed by atoms with E-state index in [1.54, 1.807) is 25.3 Å². The van der Waals surface area contributed by atoms with Crippen LogP contribution in [0.5, 0.6) is 0 Å². The second kappa shape index (κ2) is 7.36. The van der Waals surface area contributed by atoms with Crippen molar-refractivity contribution in [2.45, 2.75) is 19.9 Å². The van der Waals surface area contributed by atoms with E-state index in [4.69, 9.17) is 0 Å². The van der Waals surface area contributed by atoms with Crippen LogP contribution in [0.15, 0.2) is 36.7 Å². The van der Waals surface area contributed by atoms with E-state index in [0.29, 0.717) is 11.3 Å². The van der Waals surface area contributed by atoms with Crippen molar-refractivity contribution in [3.8, 4) is 0 Å². The molecule has 1 aromatic heterocycles. The Morgan fingerprint density at radius 3 is 2.65 bits per heavy atom. The number of nitrogens with zero attached hydrogens (tertiary/aromatic N) is 2. The second-order valence-electron chi connectivity index (χ2n) is 5.08. The van der Waals surface area contributed by atoms with Gasteiger partial charge in [-0.1, -0.05) is 19.1 Å². The topological polar surface area (TPSA) is 81.1 Å². The van der Waals surface area contributed by atoms with E-state index in [2.05, 4.69) is 10.4 Å². The lowest BCUT2D eigenvalue weighted by atomic mass is 10.1. The summed E-state index contributed by atoms with van der Waals surface area (Å²) in [6, 6.07) is 5.70. The molecule has 0 fully saturated rings. The van der Waals surface area contributed by atoms with Crippen LogP contribution in [-0.2, 0) is 27.6 Å². The highest BCUT2D eigenvalue weighted by Crippen LogP contribution is 2.08. The van der Waals surface area contributed by atoms with Crippen molar-refractivity contribution >= 4 is 21.4 Å². The number of hydrogen-bond acceptors (Lipinski definition) is 4. The van der Waals surface area contributed by atoms with E-state index >= 15 is 0 Å². The molecule has 1 heterocycles. The molecular formula is C15H18FN3O3S. The molecule has 23 heavy (non-hydrogen) atoms. The van der Waals surface area contributed by atoms with Crippen molar-refractivity contribution in [3.63, 3.8) is 0 Å². The van der Waals surface area contributed by atoms with Gasteiger partial charge in [-0.05, 0) is 17.7 Å². The summed E-state index contributed by atoms with van der Waals surface area (Å²) in [6.45, 7) is 1.84. The van der Waals surface area contributed by atoms with Gasteiger partial charge in [-0.25, -0.2) is 12.8 Å². The van der Waals surface area contributed by atoms with Gasteiger partial charge < -0.3 is 5.32 Å². The molecular weight excluding hydrogens is 321 g/mol. The van der Waals surface area contributed by atoms with Gasteiger partial charge in [-0.2, -0.15) is 5.10 Å². The molecule has 124 valence electrons. The monoisotopic (exact) mass is 339 g/mol. The summed E-state index contributed by atoms with van der Waals surface area (Å²) in [6.07, 6.45) is 3.16. The van der Waals surface area contributed by atoms with Crippen LogP contribution in [0.1, 0.15) is 12.5 Å². The van der Waals surface area contributed by atoms with Gasteiger partial charge in [0.05, 0.1) is 30.6 Å². The first-order valence-electron chi connectivity index (χ1n) is 7.15. The van der Waals surface area contributed by atoms with Crippen molar-refractivity contribution < 1.29 is 17.6 Å². The van der Waals surface area contributed by atoms with Crippen LogP contribution in [0, 0.1) is 5.82 Å². The molecule has 1 aromatic carbocycles. The van der Waals surface area contributed by atoms with Crippen LogP contribution in [0.25, 0.3) is 0 Å². The number of hydrogen-bond donors (Lipinski definition) is 1. The summed E-state index contributed by atoms with van der Waals surface area (Å²) in [7, 11) is -3.05. The fraction of sp³-hybridized carbons (Fsp3) is 0.333. The maximum atomic E-state index is 12.8. The van der Waals surface area contributed by atoms with Crippen molar-refractivity contribution in [2.75, 3.05) is 16.8 Å². The Labute approximate surface area is 134 Å². The van der Waals surface area contributed by atoms with Crippen LogP contribution >= 0.6 is 0 Å². The molecule has 8 heteroatoms. The Morgan fingerprint density at radius 1 is 1.30 bits per heavy atom. The van der Waals surface area contributed by atoms with Gasteiger partial charge in [0.25, 0.3) is 0 Å². The fourth-order valence-corrected chi connectivity index (χ4v) is 2.67. The van der Waals surface area contributed by atoms with Gasteiger partial charge >= 0.3 is 0 Å². The highest BCUT2D eigenvalue weighted by Gasteiger charge is 2.09. The number of halogens is 1. The normalized spacial score (nSPS) is 11.4. The highest BCUT2D eigenvalue weighted by atomic mass is 32.2. The zero-order chi connectivity index (χ0) is 16.9. The Balaban J connectivity index is 1.88. The molecule has 2 aromatic rings. The van der Waals surface area contributed by atoms with Crippen LogP contribution in [-0.4, -0.2) is 35.6 Å². The second-order valence-corrected chi connectivity index (χ2v) is 7.55. The molecule has 0 aliphatic rings. The minimum absolute atomic E-state index is 0.00808. The van der Waals surface area contributed by atoms with Gasteiger partial charge in [0, 0.05) is 11.9 Å². The zero-order valence-electron chi connectivity index (χ0n) is 12.7. The number of anilines is 1. The first kappa shape index (κ1) is 17.1. The number of aromatic nitrogens is 2. The number of sulfone groups is 1. The summed E-state index contributed by atoms with van der Waals surface area (Å²) in [5.41, 5.74) is 1.19. The van der Waals surface area contributed by atoms with Crippen LogP contribution in [0.2, 0.25) is 0 Å². The third-order valence-corrected chi connectivity index (χ3v) is 4.95. The van der Waals surface area contributed by atoms with Crippen LogP contribution in [0.3, 0.4) is 0 Å². The number of carbonyl (C=O) groups is 1. The molecule has 6 nitrogen and oxygen atoms in total. The van der Waals surface area contributed by atoms with Crippen molar-refractivity contribution in [1.82, 2.24) is 9.78 Å². The summed E-state index contributed by atoms with van der Waals surface area (Å²) in [5, 5.41) is 6.68. The Bertz CT molecular complexity index is 770. The number of aryl methyl sites for hydroxylation is 1. The van der Waals surface area contributed by atoms with Gasteiger partial charge in [-0.15, -0.1) is 0 Å². The zero-order valence-corrected chi connectivity index (χ0v) is 13.5. The van der Waals surface area contributed by atoms with Gasteiger partial charge in [0.1, 0.15) is 5.82 Å². The van der Waals surface area contributed by atoms with E-state index in [1.165, 1.54) is 23.0 Å². The quantitative estimate of drug-likeness (QED) is 0.831. The minimum atomic E-state index is -3.05. The molecule has 0 saturated carbocycles. The third-order valence-electron chi connectivity index (χ3n) is 3.27. The third kappa shape index (κ3) is 5.48. The summed E-state index contributed by atoms with van der Waals surface area (Å²) >= 11 is 0. The predicted octanol–water partition coefficient (Wildman–Crippen LogP) is 1.64.